The molecule has 43 heavy (non-hydrogen) atoms. The highest BCUT2D eigenvalue weighted by Gasteiger charge is 2.26. The van der Waals surface area contributed by atoms with Crippen LogP contribution in [0.4, 0.5) is 11.4 Å². The summed E-state index contributed by atoms with van der Waals surface area (Å²) < 4.78 is 5.11. The Labute approximate surface area is 261 Å². The quantitative estimate of drug-likeness (QED) is 0.173. The van der Waals surface area contributed by atoms with E-state index in [0.717, 1.165) is 78.0 Å². The van der Waals surface area contributed by atoms with Crippen LogP contribution in [0.2, 0.25) is 0 Å². The lowest BCUT2D eigenvalue weighted by atomic mass is 9.99. The van der Waals surface area contributed by atoms with Crippen LogP contribution in [0.3, 0.4) is 0 Å². The molecule has 0 atom stereocenters. The molecule has 0 unspecified atom stereocenters. The van der Waals surface area contributed by atoms with Crippen LogP contribution in [0.1, 0.15) is 36.8 Å². The average molecular weight is 587 g/mol. The van der Waals surface area contributed by atoms with Crippen molar-refractivity contribution in [3.05, 3.63) is 120 Å². The summed E-state index contributed by atoms with van der Waals surface area (Å²) in [6.07, 6.45) is 9.49. The summed E-state index contributed by atoms with van der Waals surface area (Å²) in [5.74, 6) is 0. The van der Waals surface area contributed by atoms with Crippen molar-refractivity contribution in [1.29, 1.82) is 0 Å². The molecular formula is C38H42N4S. The van der Waals surface area contributed by atoms with E-state index < -0.39 is 0 Å². The first-order chi connectivity index (χ1) is 21.3. The second kappa shape index (κ2) is 13.4. The molecule has 0 amide bonds. The minimum atomic E-state index is 1.06. The summed E-state index contributed by atoms with van der Waals surface area (Å²) in [4.78, 5) is 5.23. The van der Waals surface area contributed by atoms with Gasteiger partial charge < -0.3 is 0 Å². The van der Waals surface area contributed by atoms with E-state index in [1.165, 1.54) is 44.4 Å². The van der Waals surface area contributed by atoms with Gasteiger partial charge in [-0.2, -0.15) is 0 Å². The van der Waals surface area contributed by atoms with Crippen molar-refractivity contribution in [3.63, 3.8) is 0 Å². The van der Waals surface area contributed by atoms with E-state index in [2.05, 4.69) is 128 Å². The third kappa shape index (κ3) is 6.54. The van der Waals surface area contributed by atoms with Gasteiger partial charge in [-0.1, -0.05) is 97.1 Å². The number of benzene rings is 4. The Bertz CT molecular complexity index is 1470. The van der Waals surface area contributed by atoms with Crippen LogP contribution in [-0.2, 0) is 0 Å². The number of rotatable bonds is 10. The van der Waals surface area contributed by atoms with E-state index in [1.54, 1.807) is 0 Å². The van der Waals surface area contributed by atoms with Crippen LogP contribution in [0, 0.1) is 0 Å². The van der Waals surface area contributed by atoms with Gasteiger partial charge in [-0.05, 0) is 65.5 Å². The highest BCUT2D eigenvalue weighted by Crippen LogP contribution is 2.45. The van der Waals surface area contributed by atoms with Gasteiger partial charge >= 0.3 is 0 Å². The molecule has 7 rings (SSSR count). The lowest BCUT2D eigenvalue weighted by Crippen LogP contribution is -2.35. The highest BCUT2D eigenvalue weighted by atomic mass is 32.2. The van der Waals surface area contributed by atoms with Gasteiger partial charge in [0.05, 0.1) is 23.5 Å². The normalized spacial score (nSPS) is 17.7. The second-order valence-electron chi connectivity index (χ2n) is 11.9. The largest absolute Gasteiger partial charge is 0.299 e. The minimum absolute atomic E-state index is 1.06. The van der Waals surface area contributed by atoms with Crippen molar-refractivity contribution < 1.29 is 0 Å². The van der Waals surface area contributed by atoms with Crippen LogP contribution >= 0.6 is 12.1 Å². The summed E-state index contributed by atoms with van der Waals surface area (Å²) in [6, 6.07) is 35.4. The van der Waals surface area contributed by atoms with Crippen LogP contribution < -0.4 is 8.61 Å². The smallest absolute Gasteiger partial charge is 0.0714 e. The Kier molecular flexibility index (Phi) is 8.82. The molecule has 0 fully saturated rings. The van der Waals surface area contributed by atoms with Gasteiger partial charge in [0, 0.05) is 57.7 Å². The van der Waals surface area contributed by atoms with Gasteiger partial charge in [-0.25, -0.2) is 0 Å². The van der Waals surface area contributed by atoms with E-state index in [1.807, 2.05) is 12.1 Å². The summed E-state index contributed by atoms with van der Waals surface area (Å²) in [5.41, 5.74) is 8.50. The zero-order valence-corrected chi connectivity index (χ0v) is 25.9. The molecule has 0 spiro atoms. The molecule has 3 aliphatic heterocycles. The van der Waals surface area contributed by atoms with Crippen molar-refractivity contribution in [1.82, 2.24) is 9.80 Å². The van der Waals surface area contributed by atoms with Crippen molar-refractivity contribution >= 4 is 45.4 Å². The van der Waals surface area contributed by atoms with Crippen LogP contribution in [0.15, 0.2) is 109 Å². The molecule has 5 heteroatoms. The molecule has 0 bridgehead atoms. The fraction of sp³-hybridized carbons (Fsp3) is 0.316. The number of nitrogens with zero attached hydrogens (tertiary/aromatic N) is 4. The summed E-state index contributed by atoms with van der Waals surface area (Å²) in [5, 5.41) is 2.75. The van der Waals surface area contributed by atoms with Crippen molar-refractivity contribution in [2.24, 2.45) is 0 Å². The van der Waals surface area contributed by atoms with E-state index in [4.69, 9.17) is 0 Å². The Hall–Kier alpha value is -3.51. The predicted octanol–water partition coefficient (Wildman–Crippen LogP) is 8.39. The molecule has 220 valence electrons. The molecule has 3 aliphatic rings. The van der Waals surface area contributed by atoms with E-state index in [-0.39, 0.29) is 0 Å². The monoisotopic (exact) mass is 586 g/mol. The molecule has 0 saturated carbocycles. The Balaban J connectivity index is 0.960. The molecule has 0 saturated heterocycles. The maximum absolute atomic E-state index is 2.61. The molecule has 4 aromatic rings. The summed E-state index contributed by atoms with van der Waals surface area (Å²) in [7, 11) is 0. The average Bonchev–Trinajstić information content (AvgIpc) is 3.08. The first-order valence-corrected chi connectivity index (χ1v) is 16.7. The van der Waals surface area contributed by atoms with Crippen molar-refractivity contribution in [2.45, 2.75) is 25.7 Å². The number of anilines is 2. The molecular weight excluding hydrogens is 545 g/mol. The Morgan fingerprint density at radius 1 is 0.512 bits per heavy atom. The minimum Gasteiger partial charge on any atom is -0.299 e. The standard InChI is InChI=1S/C38H42N4S/c1-3-11-31(12-4-1)33-19-27-39(28-20-33)23-9-25-41-36-17-7-15-35-16-8-18-37(38(35)36)42(43-41)26-10-24-40-29-21-34(22-30-40)32-13-5-2-6-14-32/h1-8,11-19,21H,9-10,20,22-30H2. The fourth-order valence-electron chi connectivity index (χ4n) is 6.78. The van der Waals surface area contributed by atoms with Gasteiger partial charge in [-0.3, -0.25) is 18.4 Å². The van der Waals surface area contributed by atoms with Crippen LogP contribution in [-0.4, -0.2) is 62.2 Å². The highest BCUT2D eigenvalue weighted by molar-refractivity contribution is 8.02. The molecule has 3 heterocycles. The first-order valence-electron chi connectivity index (χ1n) is 16.0. The topological polar surface area (TPSA) is 13.0 Å². The van der Waals surface area contributed by atoms with Gasteiger partial charge in [-0.15, -0.1) is 0 Å². The molecule has 4 nitrogen and oxygen atoms in total. The lowest BCUT2D eigenvalue weighted by Gasteiger charge is -2.38. The number of hydrogen-bond acceptors (Lipinski definition) is 5. The zero-order chi connectivity index (χ0) is 28.8. The fourth-order valence-corrected chi connectivity index (χ4v) is 7.92. The van der Waals surface area contributed by atoms with Crippen LogP contribution in [0.25, 0.3) is 21.9 Å². The van der Waals surface area contributed by atoms with Gasteiger partial charge in [0.2, 0.25) is 0 Å². The van der Waals surface area contributed by atoms with Gasteiger partial charge in [0.15, 0.2) is 0 Å². The maximum atomic E-state index is 2.61. The third-order valence-corrected chi connectivity index (χ3v) is 10.3. The SMILES string of the molecule is C1=C(c2ccccc2)CCN(CCCN2SN(CCCN3CC=C(c4ccccc4)CC3)c3cccc4cccc2c34)C1. The third-order valence-electron chi connectivity index (χ3n) is 9.14. The van der Waals surface area contributed by atoms with Gasteiger partial charge in [0.1, 0.15) is 0 Å². The molecule has 0 aromatic heterocycles. The van der Waals surface area contributed by atoms with Crippen LogP contribution in [0.5, 0.6) is 0 Å². The maximum Gasteiger partial charge on any atom is 0.0714 e. The van der Waals surface area contributed by atoms with E-state index in [0.29, 0.717) is 0 Å². The first kappa shape index (κ1) is 28.3. The molecule has 0 radical (unpaired) electrons. The van der Waals surface area contributed by atoms with E-state index >= 15 is 0 Å². The molecule has 0 N–H and O–H groups in total. The molecule has 0 aliphatic carbocycles. The number of hydrogen-bond donors (Lipinski definition) is 0. The Morgan fingerprint density at radius 3 is 1.44 bits per heavy atom. The van der Waals surface area contributed by atoms with Crippen molar-refractivity contribution in [3.8, 4) is 0 Å². The zero-order valence-electron chi connectivity index (χ0n) is 25.1. The van der Waals surface area contributed by atoms with E-state index in [9.17, 15) is 0 Å². The second-order valence-corrected chi connectivity index (χ2v) is 13.0. The lowest BCUT2D eigenvalue weighted by molar-refractivity contribution is 0.299. The predicted molar refractivity (Wildman–Crippen MR) is 186 cm³/mol. The van der Waals surface area contributed by atoms with Gasteiger partial charge in [0.25, 0.3) is 0 Å². The summed E-state index contributed by atoms with van der Waals surface area (Å²) in [6.45, 7) is 8.80. The van der Waals surface area contributed by atoms with Crippen molar-refractivity contribution in [2.75, 3.05) is 61.0 Å². The molecule has 4 aromatic carbocycles. The Morgan fingerprint density at radius 2 is 1.00 bits per heavy atom. The summed E-state index contributed by atoms with van der Waals surface area (Å²) >= 11 is 1.92.